The topological polar surface area (TPSA) is 108 Å². The molecule has 1 fully saturated rings. The van der Waals surface area contributed by atoms with Crippen LogP contribution >= 0.6 is 0 Å². The van der Waals surface area contributed by atoms with E-state index in [2.05, 4.69) is 20.8 Å². The molecule has 8 heteroatoms. The van der Waals surface area contributed by atoms with E-state index in [1.54, 1.807) is 41.3 Å². The lowest BCUT2D eigenvalue weighted by molar-refractivity contribution is 0.0698. The monoisotopic (exact) mass is 442 g/mol. The van der Waals surface area contributed by atoms with E-state index in [9.17, 15) is 13.2 Å². The SMILES string of the molecule is CCC(C)(C)c1ccc(S(=O)(=O)N2CCN(C(=O)c3ccc(C(=N)N)cc3)CC2)cc1. The number of rotatable bonds is 6. The minimum Gasteiger partial charge on any atom is -0.384 e. The number of amidine groups is 1. The summed E-state index contributed by atoms with van der Waals surface area (Å²) in [6.45, 7) is 7.55. The summed E-state index contributed by atoms with van der Waals surface area (Å²) >= 11 is 0. The summed E-state index contributed by atoms with van der Waals surface area (Å²) in [5.74, 6) is -0.206. The first-order valence-corrected chi connectivity index (χ1v) is 11.8. The van der Waals surface area contributed by atoms with Crippen molar-refractivity contribution in [3.63, 3.8) is 0 Å². The van der Waals surface area contributed by atoms with Gasteiger partial charge in [-0.15, -0.1) is 0 Å². The van der Waals surface area contributed by atoms with Gasteiger partial charge in [0.1, 0.15) is 5.84 Å². The average molecular weight is 443 g/mol. The van der Waals surface area contributed by atoms with Gasteiger partial charge in [0.15, 0.2) is 0 Å². The number of nitrogens with zero attached hydrogens (tertiary/aromatic N) is 2. The fourth-order valence-corrected chi connectivity index (χ4v) is 4.96. The highest BCUT2D eigenvalue weighted by atomic mass is 32.2. The molecule has 1 saturated heterocycles. The van der Waals surface area contributed by atoms with Crippen LogP contribution in [0.25, 0.3) is 0 Å². The molecule has 7 nitrogen and oxygen atoms in total. The van der Waals surface area contributed by atoms with Crippen LogP contribution in [0.15, 0.2) is 53.4 Å². The Labute approximate surface area is 184 Å². The Morgan fingerprint density at radius 3 is 1.97 bits per heavy atom. The predicted octanol–water partition coefficient (Wildman–Crippen LogP) is 2.80. The second kappa shape index (κ2) is 8.80. The summed E-state index contributed by atoms with van der Waals surface area (Å²) in [4.78, 5) is 14.7. The van der Waals surface area contributed by atoms with Crippen molar-refractivity contribution in [1.82, 2.24) is 9.21 Å². The number of amides is 1. The summed E-state index contributed by atoms with van der Waals surface area (Å²) in [5.41, 5.74) is 7.61. The highest BCUT2D eigenvalue weighted by Gasteiger charge is 2.31. The van der Waals surface area contributed by atoms with Gasteiger partial charge in [-0.2, -0.15) is 4.31 Å². The second-order valence-corrected chi connectivity index (χ2v) is 10.4. The Morgan fingerprint density at radius 2 is 1.48 bits per heavy atom. The Balaban J connectivity index is 1.66. The van der Waals surface area contributed by atoms with Crippen LogP contribution in [-0.2, 0) is 15.4 Å². The van der Waals surface area contributed by atoms with Crippen LogP contribution in [0.3, 0.4) is 0 Å². The Kier molecular flexibility index (Phi) is 6.52. The van der Waals surface area contributed by atoms with E-state index in [0.717, 1.165) is 12.0 Å². The summed E-state index contributed by atoms with van der Waals surface area (Å²) in [7, 11) is -3.60. The number of carbonyl (C=O) groups is 1. The van der Waals surface area contributed by atoms with Crippen molar-refractivity contribution >= 4 is 21.8 Å². The van der Waals surface area contributed by atoms with Gasteiger partial charge in [0.05, 0.1) is 4.90 Å². The van der Waals surface area contributed by atoms with Crippen LogP contribution in [0.4, 0.5) is 0 Å². The number of nitrogens with two attached hydrogens (primary N) is 1. The first kappa shape index (κ1) is 23.0. The molecule has 1 aliphatic rings. The third-order valence-electron chi connectivity index (χ3n) is 6.13. The Hall–Kier alpha value is -2.71. The Bertz CT molecular complexity index is 1050. The molecule has 1 aliphatic heterocycles. The van der Waals surface area contributed by atoms with Gasteiger partial charge in [0.2, 0.25) is 10.0 Å². The summed E-state index contributed by atoms with van der Waals surface area (Å²) in [6, 6.07) is 13.7. The number of hydrogen-bond donors (Lipinski definition) is 2. The fourth-order valence-electron chi connectivity index (χ4n) is 3.54. The number of nitrogens with one attached hydrogen (secondary N) is 1. The first-order valence-electron chi connectivity index (χ1n) is 10.4. The van der Waals surface area contributed by atoms with Crippen LogP contribution in [0.5, 0.6) is 0 Å². The number of hydrogen-bond acceptors (Lipinski definition) is 4. The predicted molar refractivity (Wildman–Crippen MR) is 122 cm³/mol. The van der Waals surface area contributed by atoms with E-state index in [-0.39, 0.29) is 35.1 Å². The molecule has 1 heterocycles. The van der Waals surface area contributed by atoms with Crippen molar-refractivity contribution in [2.75, 3.05) is 26.2 Å². The standard InChI is InChI=1S/C23H30N4O3S/c1-4-23(2,3)19-9-11-20(12-10-19)31(29,30)27-15-13-26(14-16-27)22(28)18-7-5-17(6-8-18)21(24)25/h5-12H,4,13-16H2,1-3H3,(H3,24,25). The fraction of sp³-hybridized carbons (Fsp3) is 0.391. The molecule has 0 radical (unpaired) electrons. The van der Waals surface area contributed by atoms with Crippen LogP contribution in [0, 0.1) is 5.41 Å². The lowest BCUT2D eigenvalue weighted by atomic mass is 9.82. The quantitative estimate of drug-likeness (QED) is 0.530. The molecule has 0 saturated carbocycles. The molecule has 2 aromatic rings. The molecule has 0 bridgehead atoms. The molecule has 0 aliphatic carbocycles. The van der Waals surface area contributed by atoms with Crippen LogP contribution in [-0.4, -0.2) is 55.5 Å². The Morgan fingerprint density at radius 1 is 0.968 bits per heavy atom. The van der Waals surface area contributed by atoms with Crippen LogP contribution in [0.1, 0.15) is 48.7 Å². The minimum atomic E-state index is -3.60. The summed E-state index contributed by atoms with van der Waals surface area (Å²) in [5, 5.41) is 7.43. The van der Waals surface area contributed by atoms with Gasteiger partial charge in [-0.25, -0.2) is 8.42 Å². The molecule has 1 amide bonds. The normalized spacial score (nSPS) is 15.6. The largest absolute Gasteiger partial charge is 0.384 e. The zero-order valence-corrected chi connectivity index (χ0v) is 19.1. The lowest BCUT2D eigenvalue weighted by Gasteiger charge is -2.34. The maximum atomic E-state index is 13.1. The molecule has 0 unspecified atom stereocenters. The van der Waals surface area contributed by atoms with E-state index < -0.39 is 10.0 Å². The summed E-state index contributed by atoms with van der Waals surface area (Å²) in [6.07, 6.45) is 0.965. The van der Waals surface area contributed by atoms with Crippen LogP contribution < -0.4 is 5.73 Å². The van der Waals surface area contributed by atoms with Gasteiger partial charge in [0.25, 0.3) is 5.91 Å². The van der Waals surface area contributed by atoms with Gasteiger partial charge >= 0.3 is 0 Å². The van der Waals surface area contributed by atoms with E-state index >= 15 is 0 Å². The summed E-state index contributed by atoms with van der Waals surface area (Å²) < 4.78 is 27.6. The van der Waals surface area contributed by atoms with Crippen molar-refractivity contribution in [3.8, 4) is 0 Å². The number of nitrogen functional groups attached to an aromatic ring is 1. The van der Waals surface area contributed by atoms with Crippen molar-refractivity contribution < 1.29 is 13.2 Å². The molecule has 166 valence electrons. The molecule has 2 aromatic carbocycles. The average Bonchev–Trinajstić information content (AvgIpc) is 2.78. The molecule has 0 spiro atoms. The van der Waals surface area contributed by atoms with E-state index in [1.165, 1.54) is 4.31 Å². The van der Waals surface area contributed by atoms with Crippen LogP contribution in [0.2, 0.25) is 0 Å². The number of benzene rings is 2. The molecule has 31 heavy (non-hydrogen) atoms. The maximum Gasteiger partial charge on any atom is 0.253 e. The number of sulfonamides is 1. The molecular weight excluding hydrogens is 412 g/mol. The van der Waals surface area contributed by atoms with Gasteiger partial charge in [-0.1, -0.05) is 45.0 Å². The van der Waals surface area contributed by atoms with Crippen molar-refractivity contribution in [1.29, 1.82) is 5.41 Å². The van der Waals surface area contributed by atoms with Gasteiger partial charge in [-0.3, -0.25) is 10.2 Å². The van der Waals surface area contributed by atoms with Gasteiger partial charge in [0, 0.05) is 37.3 Å². The molecular formula is C23H30N4O3S. The molecule has 0 aromatic heterocycles. The molecule has 3 N–H and O–H groups in total. The highest BCUT2D eigenvalue weighted by Crippen LogP contribution is 2.28. The maximum absolute atomic E-state index is 13.1. The van der Waals surface area contributed by atoms with Crippen molar-refractivity contribution in [3.05, 3.63) is 65.2 Å². The third kappa shape index (κ3) is 4.80. The van der Waals surface area contributed by atoms with E-state index in [4.69, 9.17) is 11.1 Å². The minimum absolute atomic E-state index is 0.00308. The number of piperazine rings is 1. The lowest BCUT2D eigenvalue weighted by Crippen LogP contribution is -2.50. The first-order chi connectivity index (χ1) is 14.6. The highest BCUT2D eigenvalue weighted by molar-refractivity contribution is 7.89. The van der Waals surface area contributed by atoms with Gasteiger partial charge < -0.3 is 10.6 Å². The second-order valence-electron chi connectivity index (χ2n) is 8.45. The van der Waals surface area contributed by atoms with E-state index in [0.29, 0.717) is 24.2 Å². The zero-order valence-electron chi connectivity index (χ0n) is 18.3. The van der Waals surface area contributed by atoms with Crippen molar-refractivity contribution in [2.45, 2.75) is 37.5 Å². The number of carbonyl (C=O) groups excluding carboxylic acids is 1. The zero-order chi connectivity index (χ0) is 22.8. The van der Waals surface area contributed by atoms with Gasteiger partial charge in [-0.05, 0) is 41.7 Å². The molecule has 0 atom stereocenters. The van der Waals surface area contributed by atoms with E-state index in [1.807, 2.05) is 12.1 Å². The van der Waals surface area contributed by atoms with Crippen molar-refractivity contribution in [2.24, 2.45) is 5.73 Å². The third-order valence-corrected chi connectivity index (χ3v) is 8.04. The smallest absolute Gasteiger partial charge is 0.253 e. The molecule has 3 rings (SSSR count).